The second kappa shape index (κ2) is 10.5. The molecule has 8 bridgehead atoms. The van der Waals surface area contributed by atoms with E-state index in [9.17, 15) is 0 Å². The first-order valence-corrected chi connectivity index (χ1v) is 15.8. The Hall–Kier alpha value is -5.10. The number of nitrogens with zero attached hydrogens (tertiary/aromatic N) is 6. The molecule has 4 aromatic heterocycles. The Morgan fingerprint density at radius 1 is 0.468 bits per heavy atom. The molecule has 9 rings (SSSR count). The van der Waals surface area contributed by atoms with Crippen LogP contribution >= 0.6 is 0 Å². The fourth-order valence-corrected chi connectivity index (χ4v) is 7.06. The topological polar surface area (TPSA) is 63.8 Å². The fourth-order valence-electron chi connectivity index (χ4n) is 7.06. The van der Waals surface area contributed by atoms with Gasteiger partial charge in [0, 0.05) is 34.6 Å². The van der Waals surface area contributed by atoms with Gasteiger partial charge < -0.3 is 19.1 Å². The number of fused-ring (bicyclic) bond motifs is 16. The predicted octanol–water partition coefficient (Wildman–Crippen LogP) is 8.58. The van der Waals surface area contributed by atoms with E-state index in [0.717, 1.165) is 78.7 Å². The summed E-state index contributed by atoms with van der Waals surface area (Å²) in [7, 11) is 0. The zero-order valence-electron chi connectivity index (χ0n) is 26.5. The molecule has 1 aliphatic heterocycles. The molecule has 4 aromatic carbocycles. The van der Waals surface area contributed by atoms with Crippen LogP contribution in [0.3, 0.4) is 0 Å². The van der Waals surface area contributed by atoms with Crippen LogP contribution in [-0.2, 0) is 27.9 Å². The molecule has 0 atom stereocenters. The number of aromatic nitrogens is 6. The minimum atomic E-state index is -0.533. The van der Waals surface area contributed by atoms with Crippen molar-refractivity contribution in [1.29, 1.82) is 0 Å². The van der Waals surface area contributed by atoms with E-state index in [1.54, 1.807) is 0 Å². The number of imidazole rings is 2. The first-order valence-electron chi connectivity index (χ1n) is 15.8. The minimum Gasteiger partial charge on any atom is -0.657 e. The van der Waals surface area contributed by atoms with Crippen molar-refractivity contribution in [2.75, 3.05) is 0 Å². The molecule has 5 heterocycles. The summed E-state index contributed by atoms with van der Waals surface area (Å²) in [6, 6.07) is 37.9. The molecule has 1 aliphatic rings. The van der Waals surface area contributed by atoms with Gasteiger partial charge in [0.25, 0.3) is 0 Å². The summed E-state index contributed by atoms with van der Waals surface area (Å²) >= 11 is 0. The van der Waals surface area contributed by atoms with Crippen LogP contribution in [0.5, 0.6) is 0 Å². The van der Waals surface area contributed by atoms with Gasteiger partial charge >= 0.3 is 17.1 Å². The van der Waals surface area contributed by atoms with E-state index in [0.29, 0.717) is 0 Å². The van der Waals surface area contributed by atoms with Crippen molar-refractivity contribution in [3.8, 4) is 34.4 Å². The van der Waals surface area contributed by atoms with Crippen LogP contribution in [0.15, 0.2) is 122 Å². The van der Waals surface area contributed by atoms with Gasteiger partial charge in [-0.25, -0.2) is 9.97 Å². The van der Waals surface area contributed by atoms with E-state index < -0.39 is 10.8 Å². The summed E-state index contributed by atoms with van der Waals surface area (Å²) in [6.45, 7) is 8.89. The van der Waals surface area contributed by atoms with E-state index >= 15 is 0 Å². The molecule has 1 radical (unpaired) electrons. The average molecular weight is 660 g/mol. The van der Waals surface area contributed by atoms with Crippen molar-refractivity contribution >= 4 is 21.5 Å². The van der Waals surface area contributed by atoms with Gasteiger partial charge in [0.1, 0.15) is 11.6 Å². The van der Waals surface area contributed by atoms with Gasteiger partial charge in [-0.15, -0.1) is 11.4 Å². The number of hydrogen-bond acceptors (Lipinski definition) is 2. The van der Waals surface area contributed by atoms with Gasteiger partial charge in [0.15, 0.2) is 0 Å². The maximum atomic E-state index is 5.47. The van der Waals surface area contributed by atoms with Crippen molar-refractivity contribution in [2.24, 2.45) is 0 Å². The molecular weight excluding hydrogens is 628 g/mol. The molecule has 6 nitrogen and oxygen atoms in total. The Kier molecular flexibility index (Phi) is 6.52. The maximum absolute atomic E-state index is 5.47. The minimum absolute atomic E-state index is 0. The molecular formula is C40H32CuN6. The Balaban J connectivity index is 0.00000324. The standard InChI is InChI=1S/C40H32N6.Cu/c1-39(2)31-23-45(25-15-7-5-8-16-25)37(41-31)34-28-20-12-14-22-30(28)36(44-34)40(3,4)32-24-46(26-17-9-6-10-18-26)38(42-32)33-27-19-11-13-21-29(27)35(39)43-33;/h5-24H,1-4H3;/q-2;+2. The normalized spacial score (nSPS) is 14.6. The Bertz CT molecular complexity index is 2250. The first-order chi connectivity index (χ1) is 22.3. The van der Waals surface area contributed by atoms with Crippen LogP contribution < -0.4 is 9.97 Å². The summed E-state index contributed by atoms with van der Waals surface area (Å²) in [4.78, 5) is 21.8. The predicted molar refractivity (Wildman–Crippen MR) is 184 cm³/mol. The SMILES string of the molecule is CC1(C)c2cn(-c3ccccc3)c(n2)-c2[n-]c(c3ccccc23)C(C)(C)c2cn(-c3ccccc3)c(n2)-c2[n-]c1c1ccccc21.[Cu+2]. The van der Waals surface area contributed by atoms with Gasteiger partial charge in [0.2, 0.25) is 0 Å². The average Bonchev–Trinajstić information content (AvgIpc) is 3.87. The maximum Gasteiger partial charge on any atom is 2.00 e. The molecule has 0 saturated carbocycles. The summed E-state index contributed by atoms with van der Waals surface area (Å²) in [6.07, 6.45) is 4.34. The second-order valence-corrected chi connectivity index (χ2v) is 13.3. The quantitative estimate of drug-likeness (QED) is 0.174. The zero-order chi connectivity index (χ0) is 31.2. The monoisotopic (exact) mass is 659 g/mol. The van der Waals surface area contributed by atoms with Gasteiger partial charge in [-0.3, -0.25) is 0 Å². The summed E-state index contributed by atoms with van der Waals surface area (Å²) in [5, 5.41) is 4.37. The van der Waals surface area contributed by atoms with Crippen LogP contribution in [0.25, 0.3) is 56.0 Å². The van der Waals surface area contributed by atoms with Crippen LogP contribution in [0.4, 0.5) is 0 Å². The molecule has 0 aliphatic carbocycles. The van der Waals surface area contributed by atoms with Gasteiger partial charge in [-0.2, -0.15) is 0 Å². The molecule has 0 amide bonds. The van der Waals surface area contributed by atoms with Crippen molar-refractivity contribution < 1.29 is 17.1 Å². The van der Waals surface area contributed by atoms with Crippen molar-refractivity contribution in [3.05, 3.63) is 144 Å². The molecule has 7 heteroatoms. The largest absolute Gasteiger partial charge is 2.00 e. The molecule has 8 aromatic rings. The smallest absolute Gasteiger partial charge is 0.657 e. The molecule has 0 saturated heterocycles. The van der Waals surface area contributed by atoms with E-state index in [-0.39, 0.29) is 17.1 Å². The Labute approximate surface area is 284 Å². The first kappa shape index (κ1) is 29.3. The number of hydrogen-bond donors (Lipinski definition) is 0. The summed E-state index contributed by atoms with van der Waals surface area (Å²) < 4.78 is 4.38. The zero-order valence-corrected chi connectivity index (χ0v) is 27.5. The molecule has 0 unspecified atom stereocenters. The van der Waals surface area contributed by atoms with Crippen molar-refractivity contribution in [1.82, 2.24) is 29.1 Å². The number of para-hydroxylation sites is 2. The van der Waals surface area contributed by atoms with Crippen LogP contribution in [0.1, 0.15) is 50.5 Å². The molecule has 0 spiro atoms. The Morgan fingerprint density at radius 2 is 0.809 bits per heavy atom. The molecule has 0 N–H and O–H groups in total. The van der Waals surface area contributed by atoms with Crippen molar-refractivity contribution in [3.63, 3.8) is 0 Å². The van der Waals surface area contributed by atoms with Crippen LogP contribution in [0, 0.1) is 0 Å². The van der Waals surface area contributed by atoms with Crippen LogP contribution in [-0.4, -0.2) is 19.1 Å². The van der Waals surface area contributed by atoms with Crippen molar-refractivity contribution in [2.45, 2.75) is 38.5 Å². The third-order valence-electron chi connectivity index (χ3n) is 9.69. The van der Waals surface area contributed by atoms with E-state index in [1.807, 2.05) is 12.1 Å². The molecule has 0 fully saturated rings. The van der Waals surface area contributed by atoms with Crippen LogP contribution in [0.2, 0.25) is 0 Å². The van der Waals surface area contributed by atoms with E-state index in [2.05, 4.69) is 146 Å². The summed E-state index contributed by atoms with van der Waals surface area (Å²) in [5.41, 5.74) is 6.55. The third-order valence-corrected chi connectivity index (χ3v) is 9.69. The van der Waals surface area contributed by atoms with Gasteiger partial charge in [-0.05, 0) is 45.8 Å². The fraction of sp³-hybridized carbons (Fsp3) is 0.150. The number of rotatable bonds is 2. The van der Waals surface area contributed by atoms with E-state index in [1.165, 1.54) is 0 Å². The Morgan fingerprint density at radius 3 is 1.19 bits per heavy atom. The second-order valence-electron chi connectivity index (χ2n) is 13.3. The van der Waals surface area contributed by atoms with Gasteiger partial charge in [0.05, 0.1) is 11.4 Å². The number of benzene rings is 4. The summed E-state index contributed by atoms with van der Waals surface area (Å²) in [5.74, 6) is 1.63. The molecule has 233 valence electrons. The van der Waals surface area contributed by atoms with E-state index in [4.69, 9.17) is 19.9 Å². The van der Waals surface area contributed by atoms with Gasteiger partial charge in [-0.1, -0.05) is 124 Å². The third kappa shape index (κ3) is 4.23. The molecule has 47 heavy (non-hydrogen) atoms.